The first-order valence-electron chi connectivity index (χ1n) is 9.07. The van der Waals surface area contributed by atoms with Gasteiger partial charge in [-0.25, -0.2) is 0 Å². The number of fused-ring (bicyclic) bond motifs is 1. The van der Waals surface area contributed by atoms with Gasteiger partial charge in [-0.05, 0) is 24.0 Å². The fourth-order valence-corrected chi connectivity index (χ4v) is 3.52. The number of hydrogen-bond donors (Lipinski definition) is 1. The van der Waals surface area contributed by atoms with E-state index >= 15 is 0 Å². The molecule has 1 aromatic carbocycles. The third-order valence-corrected chi connectivity index (χ3v) is 5.03. The van der Waals surface area contributed by atoms with Crippen LogP contribution in [0.5, 0.6) is 5.75 Å². The fourth-order valence-electron chi connectivity index (χ4n) is 3.52. The molecule has 6 heteroatoms. The first-order valence-corrected chi connectivity index (χ1v) is 9.07. The van der Waals surface area contributed by atoms with Gasteiger partial charge >= 0.3 is 0 Å². The van der Waals surface area contributed by atoms with Crippen molar-refractivity contribution in [3.63, 3.8) is 0 Å². The van der Waals surface area contributed by atoms with E-state index in [0.29, 0.717) is 13.0 Å². The Hall–Kier alpha value is -2.08. The molecule has 3 rings (SSSR count). The molecule has 0 aliphatic carbocycles. The molecule has 0 radical (unpaired) electrons. The van der Waals surface area contributed by atoms with Crippen LogP contribution < -0.4 is 10.1 Å². The quantitative estimate of drug-likeness (QED) is 0.830. The number of anilines is 1. The third-order valence-electron chi connectivity index (χ3n) is 5.03. The highest BCUT2D eigenvalue weighted by atomic mass is 16.5. The second kappa shape index (κ2) is 7.87. The summed E-state index contributed by atoms with van der Waals surface area (Å²) in [6.07, 6.45) is 1.49. The molecule has 0 bridgehead atoms. The van der Waals surface area contributed by atoms with Crippen molar-refractivity contribution >= 4 is 17.5 Å². The Labute approximate surface area is 149 Å². The number of hydrogen-bond acceptors (Lipinski definition) is 4. The highest BCUT2D eigenvalue weighted by Gasteiger charge is 2.22. The minimum absolute atomic E-state index is 0.0712. The molecule has 2 aliphatic heterocycles. The lowest BCUT2D eigenvalue weighted by atomic mass is 9.92. The van der Waals surface area contributed by atoms with Crippen LogP contribution in [0, 0.1) is 0 Å². The Morgan fingerprint density at radius 2 is 2.04 bits per heavy atom. The number of nitrogens with zero attached hydrogens (tertiary/aromatic N) is 2. The lowest BCUT2D eigenvalue weighted by molar-refractivity contribution is -0.130. The molecule has 0 saturated carbocycles. The van der Waals surface area contributed by atoms with Crippen molar-refractivity contribution in [2.45, 2.75) is 32.6 Å². The van der Waals surface area contributed by atoms with E-state index in [4.69, 9.17) is 4.74 Å². The molecule has 2 amide bonds. The van der Waals surface area contributed by atoms with Crippen LogP contribution >= 0.6 is 0 Å². The van der Waals surface area contributed by atoms with Crippen LogP contribution in [0.4, 0.5) is 5.69 Å². The molecule has 1 N–H and O–H groups in total. The zero-order valence-electron chi connectivity index (χ0n) is 15.1. The van der Waals surface area contributed by atoms with E-state index in [-0.39, 0.29) is 17.7 Å². The van der Waals surface area contributed by atoms with Gasteiger partial charge in [0.15, 0.2) is 0 Å². The monoisotopic (exact) mass is 345 g/mol. The molecule has 2 heterocycles. The smallest absolute Gasteiger partial charge is 0.224 e. The predicted molar refractivity (Wildman–Crippen MR) is 96.9 cm³/mol. The Morgan fingerprint density at radius 3 is 2.76 bits per heavy atom. The number of carbonyl (C=O) groups is 2. The third kappa shape index (κ3) is 4.51. The number of ether oxygens (including phenoxy) is 1. The number of nitrogens with one attached hydrogen (secondary N) is 1. The van der Waals surface area contributed by atoms with E-state index in [1.807, 2.05) is 17.0 Å². The molecule has 1 fully saturated rings. The summed E-state index contributed by atoms with van der Waals surface area (Å²) >= 11 is 0. The van der Waals surface area contributed by atoms with Gasteiger partial charge in [-0.3, -0.25) is 14.5 Å². The highest BCUT2D eigenvalue weighted by Crippen LogP contribution is 2.34. The van der Waals surface area contributed by atoms with Gasteiger partial charge in [0.1, 0.15) is 5.75 Å². The van der Waals surface area contributed by atoms with Crippen molar-refractivity contribution in [1.29, 1.82) is 0 Å². The normalized spacial score (nSPS) is 20.8. The maximum absolute atomic E-state index is 11.7. The van der Waals surface area contributed by atoms with Gasteiger partial charge in [0.2, 0.25) is 11.8 Å². The average molecular weight is 345 g/mol. The summed E-state index contributed by atoms with van der Waals surface area (Å²) in [5.74, 6) is 1.29. The zero-order chi connectivity index (χ0) is 17.8. The zero-order valence-corrected chi connectivity index (χ0v) is 15.1. The van der Waals surface area contributed by atoms with E-state index in [0.717, 1.165) is 50.6 Å². The van der Waals surface area contributed by atoms with E-state index < -0.39 is 0 Å². The molecule has 136 valence electrons. The molecular formula is C19H27N3O3. The molecule has 1 aromatic rings. The maximum Gasteiger partial charge on any atom is 0.224 e. The number of carbonyl (C=O) groups excluding carboxylic acids is 2. The summed E-state index contributed by atoms with van der Waals surface area (Å²) in [6, 6.07) is 5.96. The molecular weight excluding hydrogens is 318 g/mol. The minimum Gasteiger partial charge on any atom is -0.493 e. The van der Waals surface area contributed by atoms with Crippen molar-refractivity contribution in [3.8, 4) is 5.75 Å². The van der Waals surface area contributed by atoms with Gasteiger partial charge in [-0.2, -0.15) is 0 Å². The second-order valence-electron chi connectivity index (χ2n) is 6.95. The SMILES string of the molecule is CC(=O)N1CCN(CCCOc2ccc3c(c2)NC(=O)CC3C)CC1. The molecule has 1 atom stereocenters. The highest BCUT2D eigenvalue weighted by molar-refractivity contribution is 5.94. The molecule has 0 aromatic heterocycles. The van der Waals surface area contributed by atoms with Gasteiger partial charge in [-0.15, -0.1) is 0 Å². The lowest BCUT2D eigenvalue weighted by Gasteiger charge is -2.34. The summed E-state index contributed by atoms with van der Waals surface area (Å²) in [5.41, 5.74) is 2.05. The van der Waals surface area contributed by atoms with Crippen LogP contribution in [-0.4, -0.2) is 60.9 Å². The number of piperazine rings is 1. The summed E-state index contributed by atoms with van der Waals surface area (Å²) in [4.78, 5) is 27.3. The molecule has 2 aliphatic rings. The summed E-state index contributed by atoms with van der Waals surface area (Å²) in [6.45, 7) is 8.83. The van der Waals surface area contributed by atoms with Crippen molar-refractivity contribution in [3.05, 3.63) is 23.8 Å². The number of benzene rings is 1. The van der Waals surface area contributed by atoms with Crippen LogP contribution in [0.2, 0.25) is 0 Å². The Bertz CT molecular complexity index is 639. The molecule has 0 spiro atoms. The second-order valence-corrected chi connectivity index (χ2v) is 6.95. The van der Waals surface area contributed by atoms with E-state index in [1.54, 1.807) is 6.92 Å². The number of rotatable bonds is 5. The van der Waals surface area contributed by atoms with Crippen LogP contribution in [0.15, 0.2) is 18.2 Å². The van der Waals surface area contributed by atoms with Crippen LogP contribution in [0.3, 0.4) is 0 Å². The van der Waals surface area contributed by atoms with E-state index in [1.165, 1.54) is 5.56 Å². The van der Waals surface area contributed by atoms with Crippen molar-refractivity contribution in [1.82, 2.24) is 9.80 Å². The Kier molecular flexibility index (Phi) is 5.58. The van der Waals surface area contributed by atoms with Gasteiger partial charge in [0, 0.05) is 57.8 Å². The predicted octanol–water partition coefficient (Wildman–Crippen LogP) is 2.07. The minimum atomic E-state index is 0.0712. The van der Waals surface area contributed by atoms with Crippen molar-refractivity contribution in [2.75, 3.05) is 44.6 Å². The van der Waals surface area contributed by atoms with Crippen molar-refractivity contribution in [2.24, 2.45) is 0 Å². The molecule has 25 heavy (non-hydrogen) atoms. The topological polar surface area (TPSA) is 61.9 Å². The van der Waals surface area contributed by atoms with Gasteiger partial charge in [0.25, 0.3) is 0 Å². The summed E-state index contributed by atoms with van der Waals surface area (Å²) in [7, 11) is 0. The first kappa shape index (κ1) is 17.7. The van der Waals surface area contributed by atoms with E-state index in [2.05, 4.69) is 23.2 Å². The molecule has 6 nitrogen and oxygen atoms in total. The Morgan fingerprint density at radius 1 is 1.28 bits per heavy atom. The largest absolute Gasteiger partial charge is 0.493 e. The standard InChI is InChI=1S/C19H27N3O3/c1-14-12-19(24)20-18-13-16(4-5-17(14)18)25-11-3-6-21-7-9-22(10-8-21)15(2)23/h4-5,13-14H,3,6-12H2,1-2H3,(H,20,24). The fraction of sp³-hybridized carbons (Fsp3) is 0.579. The van der Waals surface area contributed by atoms with Gasteiger partial charge < -0.3 is 15.0 Å². The van der Waals surface area contributed by atoms with Crippen LogP contribution in [0.1, 0.15) is 38.2 Å². The van der Waals surface area contributed by atoms with Crippen LogP contribution in [0.25, 0.3) is 0 Å². The molecule has 1 saturated heterocycles. The van der Waals surface area contributed by atoms with Gasteiger partial charge in [-0.1, -0.05) is 13.0 Å². The van der Waals surface area contributed by atoms with Crippen LogP contribution in [-0.2, 0) is 9.59 Å². The maximum atomic E-state index is 11.7. The van der Waals surface area contributed by atoms with Gasteiger partial charge in [0.05, 0.1) is 6.61 Å². The Balaban J connectivity index is 1.42. The lowest BCUT2D eigenvalue weighted by Crippen LogP contribution is -2.48. The number of amides is 2. The summed E-state index contributed by atoms with van der Waals surface area (Å²) in [5, 5.41) is 2.93. The average Bonchev–Trinajstić information content (AvgIpc) is 2.58. The van der Waals surface area contributed by atoms with Crippen molar-refractivity contribution < 1.29 is 14.3 Å². The first-order chi connectivity index (χ1) is 12.0. The molecule has 1 unspecified atom stereocenters. The van der Waals surface area contributed by atoms with E-state index in [9.17, 15) is 9.59 Å². The summed E-state index contributed by atoms with van der Waals surface area (Å²) < 4.78 is 5.85.